The molecular formula is C15H13NO4. The molecule has 0 unspecified atom stereocenters. The van der Waals surface area contributed by atoms with Gasteiger partial charge >= 0.3 is 5.97 Å². The van der Waals surface area contributed by atoms with Gasteiger partial charge in [-0.3, -0.25) is 14.5 Å². The van der Waals surface area contributed by atoms with Crippen molar-refractivity contribution in [3.05, 3.63) is 60.2 Å². The van der Waals surface area contributed by atoms with E-state index in [9.17, 15) is 14.7 Å². The zero-order valence-electron chi connectivity index (χ0n) is 10.6. The van der Waals surface area contributed by atoms with Crippen LogP contribution in [0.4, 0.5) is 5.69 Å². The highest BCUT2D eigenvalue weighted by Gasteiger charge is 2.20. The normalized spacial score (nSPS) is 10.0. The van der Waals surface area contributed by atoms with Gasteiger partial charge in [0.15, 0.2) is 0 Å². The van der Waals surface area contributed by atoms with Crippen LogP contribution in [0.5, 0.6) is 5.75 Å². The third-order valence-electron chi connectivity index (χ3n) is 2.72. The van der Waals surface area contributed by atoms with Gasteiger partial charge in [0.2, 0.25) is 0 Å². The molecule has 0 aliphatic rings. The van der Waals surface area contributed by atoms with Crippen LogP contribution in [0.1, 0.15) is 10.4 Å². The lowest BCUT2D eigenvalue weighted by Gasteiger charge is -2.21. The highest BCUT2D eigenvalue weighted by atomic mass is 16.4. The minimum atomic E-state index is -1.11. The van der Waals surface area contributed by atoms with E-state index in [0.717, 1.165) is 4.90 Å². The Kier molecular flexibility index (Phi) is 4.00. The lowest BCUT2D eigenvalue weighted by atomic mass is 10.1. The van der Waals surface area contributed by atoms with Crippen LogP contribution in [0, 0.1) is 0 Å². The Bertz CT molecular complexity index is 608. The fourth-order valence-electron chi connectivity index (χ4n) is 1.78. The average molecular weight is 271 g/mol. The van der Waals surface area contributed by atoms with Crippen molar-refractivity contribution in [3.8, 4) is 5.75 Å². The monoisotopic (exact) mass is 271 g/mol. The Morgan fingerprint density at radius 3 is 2.10 bits per heavy atom. The molecule has 2 rings (SSSR count). The fraction of sp³-hybridized carbons (Fsp3) is 0.0667. The Hall–Kier alpha value is -2.82. The summed E-state index contributed by atoms with van der Waals surface area (Å²) < 4.78 is 0. The van der Waals surface area contributed by atoms with Gasteiger partial charge in [0.1, 0.15) is 12.3 Å². The van der Waals surface area contributed by atoms with Gasteiger partial charge in [0.05, 0.1) is 0 Å². The number of nitrogens with zero attached hydrogens (tertiary/aromatic N) is 1. The molecule has 0 aliphatic carbocycles. The molecule has 2 aromatic rings. The summed E-state index contributed by atoms with van der Waals surface area (Å²) in [6.45, 7) is -0.446. The smallest absolute Gasteiger partial charge is 0.323 e. The first kappa shape index (κ1) is 13.6. The molecule has 0 saturated heterocycles. The van der Waals surface area contributed by atoms with E-state index < -0.39 is 18.4 Å². The number of carboxylic acids is 1. The number of hydrogen-bond donors (Lipinski definition) is 2. The Morgan fingerprint density at radius 1 is 0.950 bits per heavy atom. The number of carbonyl (C=O) groups is 2. The number of amides is 1. The second-order valence-corrected chi connectivity index (χ2v) is 4.17. The highest BCUT2D eigenvalue weighted by molar-refractivity contribution is 6.08. The number of aliphatic carboxylic acids is 1. The van der Waals surface area contributed by atoms with Gasteiger partial charge in [-0.1, -0.05) is 18.2 Å². The number of phenolic OH excluding ortho intramolecular Hbond substituents is 1. The van der Waals surface area contributed by atoms with Crippen LogP contribution in [-0.4, -0.2) is 28.6 Å². The minimum absolute atomic E-state index is 0.0520. The zero-order chi connectivity index (χ0) is 14.5. The maximum Gasteiger partial charge on any atom is 0.323 e. The predicted octanol–water partition coefficient (Wildman–Crippen LogP) is 2.12. The van der Waals surface area contributed by atoms with E-state index in [0.29, 0.717) is 11.3 Å². The molecule has 0 atom stereocenters. The summed E-state index contributed by atoms with van der Waals surface area (Å²) in [7, 11) is 0. The third kappa shape index (κ3) is 3.14. The van der Waals surface area contributed by atoms with Crippen molar-refractivity contribution in [2.75, 3.05) is 11.4 Å². The van der Waals surface area contributed by atoms with Crippen molar-refractivity contribution >= 4 is 17.6 Å². The summed E-state index contributed by atoms with van der Waals surface area (Å²) in [4.78, 5) is 24.5. The summed E-state index contributed by atoms with van der Waals surface area (Å²) in [5.41, 5.74) is 0.820. The summed E-state index contributed by atoms with van der Waals surface area (Å²) in [5, 5.41) is 18.2. The van der Waals surface area contributed by atoms with Crippen LogP contribution < -0.4 is 4.90 Å². The van der Waals surface area contributed by atoms with Gasteiger partial charge < -0.3 is 10.2 Å². The largest absolute Gasteiger partial charge is 0.508 e. The summed E-state index contributed by atoms with van der Waals surface area (Å²) >= 11 is 0. The average Bonchev–Trinajstić information content (AvgIpc) is 2.46. The third-order valence-corrected chi connectivity index (χ3v) is 2.72. The molecule has 0 aliphatic heterocycles. The van der Waals surface area contributed by atoms with E-state index in [1.807, 2.05) is 0 Å². The van der Waals surface area contributed by atoms with Gasteiger partial charge in [-0.25, -0.2) is 0 Å². The molecule has 20 heavy (non-hydrogen) atoms. The number of rotatable bonds is 4. The number of carboxylic acid groups (broad SMARTS) is 1. The van der Waals surface area contributed by atoms with Crippen LogP contribution in [0.25, 0.3) is 0 Å². The first-order valence-corrected chi connectivity index (χ1v) is 5.95. The van der Waals surface area contributed by atoms with Crippen molar-refractivity contribution in [2.45, 2.75) is 0 Å². The lowest BCUT2D eigenvalue weighted by molar-refractivity contribution is -0.135. The molecule has 0 fully saturated rings. The van der Waals surface area contributed by atoms with Crippen molar-refractivity contribution in [3.63, 3.8) is 0 Å². The van der Waals surface area contributed by atoms with Crippen molar-refractivity contribution in [2.24, 2.45) is 0 Å². The van der Waals surface area contributed by atoms with Gasteiger partial charge in [-0.2, -0.15) is 0 Å². The van der Waals surface area contributed by atoms with Crippen molar-refractivity contribution in [1.29, 1.82) is 0 Å². The summed E-state index contributed by atoms with van der Waals surface area (Å²) in [6, 6.07) is 14.3. The Labute approximate surface area is 115 Å². The minimum Gasteiger partial charge on any atom is -0.508 e. The number of benzene rings is 2. The van der Waals surface area contributed by atoms with Crippen LogP contribution in [0.15, 0.2) is 54.6 Å². The maximum atomic E-state index is 12.4. The maximum absolute atomic E-state index is 12.4. The van der Waals surface area contributed by atoms with E-state index in [4.69, 9.17) is 5.11 Å². The lowest BCUT2D eigenvalue weighted by Crippen LogP contribution is -2.35. The molecule has 5 heteroatoms. The second-order valence-electron chi connectivity index (χ2n) is 4.17. The van der Waals surface area contributed by atoms with E-state index in [-0.39, 0.29) is 5.75 Å². The number of carbonyl (C=O) groups excluding carboxylic acids is 1. The quantitative estimate of drug-likeness (QED) is 0.892. The number of anilines is 1. The molecule has 0 saturated carbocycles. The molecule has 5 nitrogen and oxygen atoms in total. The molecule has 0 bridgehead atoms. The van der Waals surface area contributed by atoms with Crippen LogP contribution in [0.2, 0.25) is 0 Å². The topological polar surface area (TPSA) is 77.8 Å². The molecule has 102 valence electrons. The first-order valence-electron chi connectivity index (χ1n) is 5.95. The van der Waals surface area contributed by atoms with Crippen LogP contribution in [0.3, 0.4) is 0 Å². The molecular weight excluding hydrogens is 258 g/mol. The van der Waals surface area contributed by atoms with Crippen molar-refractivity contribution in [1.82, 2.24) is 0 Å². The van der Waals surface area contributed by atoms with E-state index in [2.05, 4.69) is 0 Å². The van der Waals surface area contributed by atoms with Gasteiger partial charge in [0.25, 0.3) is 5.91 Å². The van der Waals surface area contributed by atoms with E-state index >= 15 is 0 Å². The van der Waals surface area contributed by atoms with Crippen LogP contribution in [-0.2, 0) is 4.79 Å². The first-order chi connectivity index (χ1) is 9.58. The highest BCUT2D eigenvalue weighted by Crippen LogP contribution is 2.20. The number of hydrogen-bond acceptors (Lipinski definition) is 3. The van der Waals surface area contributed by atoms with Crippen molar-refractivity contribution < 1.29 is 19.8 Å². The number of aromatic hydroxyl groups is 1. The molecule has 0 heterocycles. The zero-order valence-corrected chi connectivity index (χ0v) is 10.6. The molecule has 0 radical (unpaired) electrons. The van der Waals surface area contributed by atoms with Crippen LogP contribution >= 0.6 is 0 Å². The standard InChI is InChI=1S/C15H13NO4/c17-13-8-6-12(7-9-13)16(10-14(18)19)15(20)11-4-2-1-3-5-11/h1-9,17H,10H2,(H,18,19). The van der Waals surface area contributed by atoms with E-state index in [1.54, 1.807) is 30.3 Å². The SMILES string of the molecule is O=C(O)CN(C(=O)c1ccccc1)c1ccc(O)cc1. The van der Waals surface area contributed by atoms with E-state index in [1.165, 1.54) is 24.3 Å². The molecule has 2 aromatic carbocycles. The second kappa shape index (κ2) is 5.88. The molecule has 1 amide bonds. The molecule has 0 aromatic heterocycles. The number of phenols is 1. The van der Waals surface area contributed by atoms with Gasteiger partial charge in [0, 0.05) is 11.3 Å². The predicted molar refractivity (Wildman–Crippen MR) is 73.9 cm³/mol. The Balaban J connectivity index is 2.35. The van der Waals surface area contributed by atoms with Gasteiger partial charge in [-0.15, -0.1) is 0 Å². The summed E-state index contributed by atoms with van der Waals surface area (Å²) in [5.74, 6) is -1.46. The fourth-order valence-corrected chi connectivity index (χ4v) is 1.78. The molecule has 0 spiro atoms. The Morgan fingerprint density at radius 2 is 1.55 bits per heavy atom. The van der Waals surface area contributed by atoms with Gasteiger partial charge in [-0.05, 0) is 36.4 Å². The summed E-state index contributed by atoms with van der Waals surface area (Å²) in [6.07, 6.45) is 0. The molecule has 2 N–H and O–H groups in total.